The molecule has 0 aromatic heterocycles. The van der Waals surface area contributed by atoms with E-state index in [1.165, 1.54) is 19.1 Å². The van der Waals surface area contributed by atoms with Gasteiger partial charge in [0, 0.05) is 16.7 Å². The lowest BCUT2D eigenvalue weighted by Gasteiger charge is -2.60. The van der Waals surface area contributed by atoms with E-state index in [4.69, 9.17) is 0 Å². The third kappa shape index (κ3) is 2.16. The Bertz CT molecular complexity index is 772. The van der Waals surface area contributed by atoms with Gasteiger partial charge in [-0.1, -0.05) is 26.8 Å². The summed E-state index contributed by atoms with van der Waals surface area (Å²) in [6.07, 6.45) is 3.78. The molecule has 4 aliphatic carbocycles. The van der Waals surface area contributed by atoms with Gasteiger partial charge in [0.05, 0.1) is 6.10 Å². The molecule has 0 radical (unpaired) electrons. The van der Waals surface area contributed by atoms with Crippen LogP contribution in [-0.2, 0) is 9.59 Å². The summed E-state index contributed by atoms with van der Waals surface area (Å²) in [5.74, 6) is -1.13. The quantitative estimate of drug-likeness (QED) is 0.738. The minimum Gasteiger partial charge on any atom is -0.393 e. The van der Waals surface area contributed by atoms with E-state index < -0.39 is 28.7 Å². The Labute approximate surface area is 159 Å². The minimum atomic E-state index is -1.50. The molecule has 9 atom stereocenters. The van der Waals surface area contributed by atoms with Crippen molar-refractivity contribution >= 4 is 11.6 Å². The molecule has 0 heterocycles. The number of aliphatic hydroxyl groups excluding tert-OH is 1. The maximum absolute atomic E-state index is 15.2. The Hall–Kier alpha value is -1.33. The van der Waals surface area contributed by atoms with Crippen LogP contribution in [0, 0.1) is 34.5 Å². The van der Waals surface area contributed by atoms with Crippen LogP contribution in [0.1, 0.15) is 47.0 Å². The zero-order chi connectivity index (χ0) is 19.9. The normalized spacial score (nSPS) is 54.0. The molecule has 0 saturated heterocycles. The Balaban J connectivity index is 1.82. The molecule has 0 aliphatic heterocycles. The van der Waals surface area contributed by atoms with E-state index in [-0.39, 0.29) is 41.7 Å². The average molecular weight is 376 g/mol. The van der Waals surface area contributed by atoms with Gasteiger partial charge >= 0.3 is 0 Å². The van der Waals surface area contributed by atoms with Gasteiger partial charge in [0.1, 0.15) is 11.8 Å². The van der Waals surface area contributed by atoms with E-state index in [2.05, 4.69) is 0 Å². The van der Waals surface area contributed by atoms with Crippen molar-refractivity contribution < 1.29 is 24.2 Å². The van der Waals surface area contributed by atoms with Crippen LogP contribution in [0.4, 0.5) is 4.39 Å². The molecular weight excluding hydrogens is 347 g/mol. The largest absolute Gasteiger partial charge is 0.393 e. The average Bonchev–Trinajstić information content (AvgIpc) is 2.78. The maximum Gasteiger partial charge on any atom is 0.178 e. The summed E-state index contributed by atoms with van der Waals surface area (Å²) in [6, 6.07) is 0. The van der Waals surface area contributed by atoms with Crippen molar-refractivity contribution in [2.75, 3.05) is 0 Å². The van der Waals surface area contributed by atoms with Crippen LogP contribution in [0.15, 0.2) is 23.8 Å². The molecule has 0 unspecified atom stereocenters. The number of halogens is 1. The summed E-state index contributed by atoms with van der Waals surface area (Å²) in [5, 5.41) is 22.6. The lowest BCUT2D eigenvalue weighted by Crippen LogP contribution is -2.62. The molecule has 3 saturated carbocycles. The Morgan fingerprint density at radius 3 is 2.59 bits per heavy atom. The summed E-state index contributed by atoms with van der Waals surface area (Å²) in [6.45, 7) is 7.10. The number of fused-ring (bicyclic) bond motifs is 5. The van der Waals surface area contributed by atoms with Gasteiger partial charge in [-0.2, -0.15) is 0 Å². The van der Waals surface area contributed by atoms with Crippen LogP contribution in [-0.4, -0.2) is 39.7 Å². The summed E-state index contributed by atoms with van der Waals surface area (Å²) < 4.78 is 15.2. The van der Waals surface area contributed by atoms with Crippen molar-refractivity contribution in [1.29, 1.82) is 0 Å². The van der Waals surface area contributed by atoms with Gasteiger partial charge in [-0.25, -0.2) is 4.39 Å². The van der Waals surface area contributed by atoms with Crippen molar-refractivity contribution in [2.45, 2.75) is 64.8 Å². The minimum absolute atomic E-state index is 0.0440. The number of carbonyl (C=O) groups is 2. The van der Waals surface area contributed by atoms with Gasteiger partial charge in [0.25, 0.3) is 0 Å². The summed E-state index contributed by atoms with van der Waals surface area (Å²) in [5.41, 5.74) is -2.52. The molecule has 148 valence electrons. The second kappa shape index (κ2) is 5.60. The van der Waals surface area contributed by atoms with E-state index in [9.17, 15) is 19.8 Å². The zero-order valence-electron chi connectivity index (χ0n) is 16.4. The Kier molecular flexibility index (Phi) is 3.94. The number of ketones is 2. The standard InChI is InChI=1S/C22H29FO4/c1-11-7-15-14-9-17(23)16-8-13(25)5-6-20(16,3)19(14)18(26)10-21(15,4)22(11,27)12(2)24/h5-6,8,11,14-15,17-19,26-27H,7,9-10H2,1-4H3/t11-,14-,15-,17-,18-,19+,20-,21-,22-/m0/s1. The van der Waals surface area contributed by atoms with Gasteiger partial charge in [-0.3, -0.25) is 9.59 Å². The Morgan fingerprint density at radius 2 is 1.96 bits per heavy atom. The molecule has 0 amide bonds. The second-order valence-corrected chi connectivity index (χ2v) is 9.77. The first-order valence-corrected chi connectivity index (χ1v) is 9.97. The first kappa shape index (κ1) is 19.0. The third-order valence-electron chi connectivity index (χ3n) is 8.59. The predicted molar refractivity (Wildman–Crippen MR) is 98.5 cm³/mol. The highest BCUT2D eigenvalue weighted by Crippen LogP contribution is 2.68. The number of alkyl halides is 1. The SMILES string of the molecule is CC(=O)[C@@]1(O)[C@@H](C)C[C@H]2[C@@H]3C[C@H](F)C4=CC(=O)C=C[C@]4(C)[C@H]3[C@@H](O)C[C@@]21C. The van der Waals surface area contributed by atoms with Gasteiger partial charge in [0.2, 0.25) is 0 Å². The lowest BCUT2D eigenvalue weighted by molar-refractivity contribution is -0.182. The number of allylic oxidation sites excluding steroid dienone is 4. The molecule has 4 nitrogen and oxygen atoms in total. The number of hydrogen-bond donors (Lipinski definition) is 2. The van der Waals surface area contributed by atoms with Crippen molar-refractivity contribution in [3.8, 4) is 0 Å². The zero-order valence-corrected chi connectivity index (χ0v) is 16.4. The highest BCUT2D eigenvalue weighted by Gasteiger charge is 2.70. The molecule has 0 aromatic carbocycles. The number of rotatable bonds is 1. The number of Topliss-reactive ketones (excluding diaryl/α,β-unsaturated/α-hetero) is 1. The van der Waals surface area contributed by atoms with Crippen molar-refractivity contribution in [2.24, 2.45) is 34.5 Å². The van der Waals surface area contributed by atoms with Crippen LogP contribution in [0.2, 0.25) is 0 Å². The first-order valence-electron chi connectivity index (χ1n) is 9.97. The van der Waals surface area contributed by atoms with Crippen LogP contribution in [0.25, 0.3) is 0 Å². The molecule has 4 aliphatic rings. The molecule has 2 N–H and O–H groups in total. The van der Waals surface area contributed by atoms with Crippen LogP contribution in [0.5, 0.6) is 0 Å². The highest BCUT2D eigenvalue weighted by atomic mass is 19.1. The second-order valence-electron chi connectivity index (χ2n) is 9.77. The van der Waals surface area contributed by atoms with Gasteiger partial charge < -0.3 is 10.2 Å². The lowest BCUT2D eigenvalue weighted by atomic mass is 9.46. The van der Waals surface area contributed by atoms with Crippen LogP contribution in [0.3, 0.4) is 0 Å². The van der Waals surface area contributed by atoms with Gasteiger partial charge in [-0.05, 0) is 61.7 Å². The molecule has 0 aromatic rings. The van der Waals surface area contributed by atoms with Gasteiger partial charge in [0.15, 0.2) is 11.6 Å². The van der Waals surface area contributed by atoms with E-state index in [0.29, 0.717) is 18.4 Å². The van der Waals surface area contributed by atoms with Crippen LogP contribution < -0.4 is 0 Å². The van der Waals surface area contributed by atoms with E-state index in [0.717, 1.165) is 0 Å². The topological polar surface area (TPSA) is 74.6 Å². The van der Waals surface area contributed by atoms with Gasteiger partial charge in [-0.15, -0.1) is 0 Å². The molecular formula is C22H29FO4. The molecule has 5 heteroatoms. The summed E-state index contributed by atoms with van der Waals surface area (Å²) in [7, 11) is 0. The first-order chi connectivity index (χ1) is 12.5. The van der Waals surface area contributed by atoms with E-state index >= 15 is 4.39 Å². The van der Waals surface area contributed by atoms with Crippen molar-refractivity contribution in [1.82, 2.24) is 0 Å². The molecule has 4 rings (SSSR count). The molecule has 3 fully saturated rings. The monoisotopic (exact) mass is 376 g/mol. The maximum atomic E-state index is 15.2. The molecule has 0 spiro atoms. The molecule has 27 heavy (non-hydrogen) atoms. The third-order valence-corrected chi connectivity index (χ3v) is 8.59. The van der Waals surface area contributed by atoms with E-state index in [1.807, 2.05) is 20.8 Å². The van der Waals surface area contributed by atoms with Crippen molar-refractivity contribution in [3.63, 3.8) is 0 Å². The summed E-state index contributed by atoms with van der Waals surface area (Å²) >= 11 is 0. The number of hydrogen-bond acceptors (Lipinski definition) is 4. The Morgan fingerprint density at radius 1 is 1.30 bits per heavy atom. The fraction of sp³-hybridized carbons (Fsp3) is 0.727. The summed E-state index contributed by atoms with van der Waals surface area (Å²) in [4.78, 5) is 24.3. The van der Waals surface area contributed by atoms with Crippen LogP contribution >= 0.6 is 0 Å². The fourth-order valence-corrected chi connectivity index (χ4v) is 7.42. The fourth-order valence-electron chi connectivity index (χ4n) is 7.42. The predicted octanol–water partition coefficient (Wildman–Crippen LogP) is 2.78. The smallest absolute Gasteiger partial charge is 0.178 e. The molecule has 0 bridgehead atoms. The number of aliphatic hydroxyl groups is 2. The highest BCUT2D eigenvalue weighted by molar-refractivity contribution is 6.01. The van der Waals surface area contributed by atoms with Crippen molar-refractivity contribution in [3.05, 3.63) is 23.8 Å². The van der Waals surface area contributed by atoms with E-state index in [1.54, 1.807) is 6.08 Å². The number of carbonyl (C=O) groups excluding carboxylic acids is 2.